The quantitative estimate of drug-likeness (QED) is 0.799. The average Bonchev–Trinajstić information content (AvgIpc) is 2.58. The molecule has 0 radical (unpaired) electrons. The molecule has 0 spiro atoms. The highest BCUT2D eigenvalue weighted by Gasteiger charge is 2.20. The van der Waals surface area contributed by atoms with Crippen LogP contribution in [0.1, 0.15) is 32.8 Å². The van der Waals surface area contributed by atoms with Gasteiger partial charge in [0.1, 0.15) is 5.82 Å². The van der Waals surface area contributed by atoms with Gasteiger partial charge in [0.05, 0.1) is 18.7 Å². The third-order valence-corrected chi connectivity index (χ3v) is 3.52. The van der Waals surface area contributed by atoms with Gasteiger partial charge in [-0.25, -0.2) is 4.98 Å². The minimum atomic E-state index is -0.0323. The second-order valence-corrected chi connectivity index (χ2v) is 6.21. The number of anilines is 1. The van der Waals surface area contributed by atoms with Crippen molar-refractivity contribution in [1.29, 1.82) is 0 Å². The molecule has 1 aliphatic rings. The molecular weight excluding hydrogens is 252 g/mol. The molecule has 2 aromatic rings. The smallest absolute Gasteiger partial charge is 0.163 e. The summed E-state index contributed by atoms with van der Waals surface area (Å²) < 4.78 is 11.4. The summed E-state index contributed by atoms with van der Waals surface area (Å²) in [6.45, 7) is 7.76. The molecule has 0 saturated carbocycles. The summed E-state index contributed by atoms with van der Waals surface area (Å²) in [5, 5.41) is 1.04. The summed E-state index contributed by atoms with van der Waals surface area (Å²) in [5.74, 6) is 2.13. The van der Waals surface area contributed by atoms with Gasteiger partial charge in [-0.15, -0.1) is 0 Å². The molecule has 1 aromatic carbocycles. The Kier molecular flexibility index (Phi) is 2.96. The third kappa shape index (κ3) is 2.26. The summed E-state index contributed by atoms with van der Waals surface area (Å²) in [7, 11) is 0. The number of benzene rings is 1. The van der Waals surface area contributed by atoms with Crippen LogP contribution in [0, 0.1) is 0 Å². The van der Waals surface area contributed by atoms with Gasteiger partial charge < -0.3 is 15.2 Å². The molecule has 2 heterocycles. The number of hydrogen-bond acceptors (Lipinski definition) is 4. The van der Waals surface area contributed by atoms with Gasteiger partial charge in [0.25, 0.3) is 0 Å². The molecule has 4 heteroatoms. The number of nitrogens with two attached hydrogens (primary N) is 1. The van der Waals surface area contributed by atoms with Crippen molar-refractivity contribution in [2.24, 2.45) is 0 Å². The Balaban J connectivity index is 2.19. The van der Waals surface area contributed by atoms with Gasteiger partial charge in [-0.05, 0) is 17.5 Å². The number of ether oxygens (including phenoxy) is 2. The zero-order chi connectivity index (χ0) is 14.3. The highest BCUT2D eigenvalue weighted by Crippen LogP contribution is 2.36. The molecule has 0 atom stereocenters. The van der Waals surface area contributed by atoms with Crippen LogP contribution in [0.2, 0.25) is 0 Å². The fraction of sp³-hybridized carbons (Fsp3) is 0.438. The molecule has 0 unspecified atom stereocenters. The van der Waals surface area contributed by atoms with Crippen LogP contribution >= 0.6 is 0 Å². The zero-order valence-corrected chi connectivity index (χ0v) is 12.2. The first kappa shape index (κ1) is 13.0. The van der Waals surface area contributed by atoms with Gasteiger partial charge in [-0.1, -0.05) is 20.8 Å². The molecule has 1 aromatic heterocycles. The maximum atomic E-state index is 6.10. The Morgan fingerprint density at radius 1 is 1.05 bits per heavy atom. The van der Waals surface area contributed by atoms with Crippen LogP contribution in [-0.4, -0.2) is 18.2 Å². The summed E-state index contributed by atoms with van der Waals surface area (Å²) in [5.41, 5.74) is 7.97. The predicted molar refractivity (Wildman–Crippen MR) is 80.5 cm³/mol. The van der Waals surface area contributed by atoms with Gasteiger partial charge >= 0.3 is 0 Å². The lowest BCUT2D eigenvalue weighted by atomic mass is 9.86. The van der Waals surface area contributed by atoms with E-state index in [0.29, 0.717) is 19.0 Å². The third-order valence-electron chi connectivity index (χ3n) is 3.52. The van der Waals surface area contributed by atoms with E-state index in [-0.39, 0.29) is 5.41 Å². The van der Waals surface area contributed by atoms with Crippen LogP contribution in [0.3, 0.4) is 0 Å². The van der Waals surface area contributed by atoms with Crippen LogP contribution in [0.4, 0.5) is 5.82 Å². The molecule has 106 valence electrons. The molecule has 0 fully saturated rings. The molecule has 20 heavy (non-hydrogen) atoms. The minimum absolute atomic E-state index is 0.0323. The monoisotopic (exact) mass is 272 g/mol. The van der Waals surface area contributed by atoms with Crippen LogP contribution in [0.15, 0.2) is 18.2 Å². The Morgan fingerprint density at radius 3 is 2.35 bits per heavy atom. The normalized spacial score (nSPS) is 15.2. The molecule has 0 bridgehead atoms. The summed E-state index contributed by atoms with van der Waals surface area (Å²) in [4.78, 5) is 4.52. The van der Waals surface area contributed by atoms with Crippen molar-refractivity contribution in [3.8, 4) is 11.5 Å². The Morgan fingerprint density at radius 2 is 1.70 bits per heavy atom. The van der Waals surface area contributed by atoms with Crippen LogP contribution in [0.5, 0.6) is 11.5 Å². The standard InChI is InChI=1S/C16H20N2O2/c1-16(2,3)11-7-10-8-13-14(20-6-4-5-19-13)9-12(10)18-15(11)17/h7-9H,4-6H2,1-3H3,(H2,17,18). The molecule has 1 aliphatic heterocycles. The van der Waals surface area contributed by atoms with Gasteiger partial charge in [-0.2, -0.15) is 0 Å². The summed E-state index contributed by atoms with van der Waals surface area (Å²) in [6.07, 6.45) is 0.897. The van der Waals surface area contributed by atoms with E-state index in [0.717, 1.165) is 34.4 Å². The van der Waals surface area contributed by atoms with E-state index in [4.69, 9.17) is 15.2 Å². The molecule has 4 nitrogen and oxygen atoms in total. The first-order valence-electron chi connectivity index (χ1n) is 6.95. The van der Waals surface area contributed by atoms with Crippen molar-refractivity contribution in [3.05, 3.63) is 23.8 Å². The highest BCUT2D eigenvalue weighted by atomic mass is 16.5. The van der Waals surface area contributed by atoms with Crippen molar-refractivity contribution >= 4 is 16.7 Å². The van der Waals surface area contributed by atoms with Gasteiger partial charge in [0.15, 0.2) is 11.5 Å². The van der Waals surface area contributed by atoms with Gasteiger partial charge in [0.2, 0.25) is 0 Å². The van der Waals surface area contributed by atoms with Crippen molar-refractivity contribution in [2.75, 3.05) is 18.9 Å². The second kappa shape index (κ2) is 4.54. The molecule has 0 aliphatic carbocycles. The molecular formula is C16H20N2O2. The van der Waals surface area contributed by atoms with Crippen molar-refractivity contribution in [2.45, 2.75) is 32.6 Å². The predicted octanol–water partition coefficient (Wildman–Crippen LogP) is 3.28. The largest absolute Gasteiger partial charge is 0.490 e. The Bertz CT molecular complexity index is 660. The molecule has 0 saturated heterocycles. The lowest BCUT2D eigenvalue weighted by Gasteiger charge is -2.21. The number of rotatable bonds is 0. The van der Waals surface area contributed by atoms with E-state index >= 15 is 0 Å². The van der Waals surface area contributed by atoms with Crippen molar-refractivity contribution in [1.82, 2.24) is 4.98 Å². The second-order valence-electron chi connectivity index (χ2n) is 6.21. The fourth-order valence-electron chi connectivity index (χ4n) is 2.45. The van der Waals surface area contributed by atoms with E-state index in [1.165, 1.54) is 0 Å². The maximum Gasteiger partial charge on any atom is 0.163 e. The molecule has 0 amide bonds. The number of nitrogens with zero attached hydrogens (tertiary/aromatic N) is 1. The van der Waals surface area contributed by atoms with Crippen LogP contribution < -0.4 is 15.2 Å². The average molecular weight is 272 g/mol. The maximum absolute atomic E-state index is 6.10. The number of hydrogen-bond donors (Lipinski definition) is 1. The number of fused-ring (bicyclic) bond motifs is 2. The van der Waals surface area contributed by atoms with E-state index in [1.807, 2.05) is 12.1 Å². The van der Waals surface area contributed by atoms with E-state index in [2.05, 4.69) is 31.8 Å². The summed E-state index contributed by atoms with van der Waals surface area (Å²) >= 11 is 0. The number of aromatic nitrogens is 1. The lowest BCUT2D eigenvalue weighted by Crippen LogP contribution is -2.15. The topological polar surface area (TPSA) is 57.4 Å². The lowest BCUT2D eigenvalue weighted by molar-refractivity contribution is 0.297. The zero-order valence-electron chi connectivity index (χ0n) is 12.2. The minimum Gasteiger partial charge on any atom is -0.490 e. The van der Waals surface area contributed by atoms with Crippen molar-refractivity contribution in [3.63, 3.8) is 0 Å². The van der Waals surface area contributed by atoms with Gasteiger partial charge in [-0.3, -0.25) is 0 Å². The Labute approximate surface area is 118 Å². The Hall–Kier alpha value is -1.97. The first-order valence-corrected chi connectivity index (χ1v) is 6.95. The summed E-state index contributed by atoms with van der Waals surface area (Å²) in [6, 6.07) is 6.02. The van der Waals surface area contributed by atoms with Crippen LogP contribution in [-0.2, 0) is 5.41 Å². The molecule has 2 N–H and O–H groups in total. The SMILES string of the molecule is CC(C)(C)c1cc2cc3c(cc2nc1N)OCCCO3. The van der Waals surface area contributed by atoms with Crippen molar-refractivity contribution < 1.29 is 9.47 Å². The highest BCUT2D eigenvalue weighted by molar-refractivity contribution is 5.85. The first-order chi connectivity index (χ1) is 9.45. The van der Waals surface area contributed by atoms with E-state index in [1.54, 1.807) is 0 Å². The van der Waals surface area contributed by atoms with E-state index in [9.17, 15) is 0 Å². The number of pyridine rings is 1. The van der Waals surface area contributed by atoms with Gasteiger partial charge in [0, 0.05) is 23.4 Å². The number of nitrogen functional groups attached to an aromatic ring is 1. The molecule has 3 rings (SSSR count). The fourth-order valence-corrected chi connectivity index (χ4v) is 2.45. The van der Waals surface area contributed by atoms with E-state index < -0.39 is 0 Å². The van der Waals surface area contributed by atoms with Crippen LogP contribution in [0.25, 0.3) is 10.9 Å².